The maximum Gasteiger partial charge on any atom is 0.231 e. The molecule has 0 atom stereocenters. The molecule has 28 heavy (non-hydrogen) atoms. The van der Waals surface area contributed by atoms with Gasteiger partial charge in [0.05, 0.1) is 11.0 Å². The van der Waals surface area contributed by atoms with Crippen molar-refractivity contribution in [2.75, 3.05) is 6.79 Å². The average molecular weight is 372 g/mol. The molecule has 4 aromatic rings. The Labute approximate surface area is 162 Å². The molecule has 3 heterocycles. The van der Waals surface area contributed by atoms with Gasteiger partial charge in [-0.05, 0) is 44.9 Å². The summed E-state index contributed by atoms with van der Waals surface area (Å²) in [4.78, 5) is 8.54. The lowest BCUT2D eigenvalue weighted by Gasteiger charge is -2.33. The fraction of sp³-hybridized carbons (Fsp3) is 0.261. The summed E-state index contributed by atoms with van der Waals surface area (Å²) in [7, 11) is 0. The van der Waals surface area contributed by atoms with Crippen LogP contribution in [0, 0.1) is 0 Å². The molecule has 1 aromatic heterocycles. The van der Waals surface area contributed by atoms with Crippen LogP contribution >= 0.6 is 0 Å². The smallest absolute Gasteiger partial charge is 0.231 e. The number of aryl methyl sites for hydroxylation is 1. The van der Waals surface area contributed by atoms with E-state index in [1.165, 1.54) is 5.56 Å². The summed E-state index contributed by atoms with van der Waals surface area (Å²) >= 11 is 0. The molecular formula is C23H20N2O3. The monoisotopic (exact) mass is 372 g/mol. The van der Waals surface area contributed by atoms with Gasteiger partial charge in [0, 0.05) is 21.9 Å². The maximum atomic E-state index is 6.43. The molecule has 2 aliphatic rings. The van der Waals surface area contributed by atoms with Crippen molar-refractivity contribution in [2.24, 2.45) is 0 Å². The van der Waals surface area contributed by atoms with Crippen molar-refractivity contribution in [3.8, 4) is 28.6 Å². The van der Waals surface area contributed by atoms with Gasteiger partial charge >= 0.3 is 0 Å². The number of hydrogen-bond acceptors (Lipinski definition) is 4. The number of aromatic nitrogens is 2. The van der Waals surface area contributed by atoms with E-state index in [1.807, 2.05) is 18.2 Å². The molecule has 0 radical (unpaired) electrons. The standard InChI is InChI=1S/C23H20N2O3/c1-23(2)10-9-16-20-19(14-5-3-4-6-15(14)21(16)28-23)24-22(25-20)13-7-8-17-18(11-13)27-12-26-17/h3-8,11H,9-10,12H2,1-2H3,(H,24,25). The number of benzene rings is 3. The van der Waals surface area contributed by atoms with E-state index >= 15 is 0 Å². The van der Waals surface area contributed by atoms with Crippen LogP contribution in [0.15, 0.2) is 42.5 Å². The summed E-state index contributed by atoms with van der Waals surface area (Å²) in [6.07, 6.45) is 1.93. The van der Waals surface area contributed by atoms with Crippen molar-refractivity contribution < 1.29 is 14.2 Å². The molecule has 0 unspecified atom stereocenters. The Balaban J connectivity index is 1.62. The van der Waals surface area contributed by atoms with Crippen LogP contribution in [0.25, 0.3) is 33.2 Å². The highest BCUT2D eigenvalue weighted by Gasteiger charge is 2.31. The van der Waals surface area contributed by atoms with Crippen molar-refractivity contribution in [3.05, 3.63) is 48.0 Å². The number of fused-ring (bicyclic) bond motifs is 7. The van der Waals surface area contributed by atoms with E-state index in [1.54, 1.807) is 0 Å². The van der Waals surface area contributed by atoms with Gasteiger partial charge in [0.25, 0.3) is 0 Å². The van der Waals surface area contributed by atoms with Crippen molar-refractivity contribution >= 4 is 21.8 Å². The van der Waals surface area contributed by atoms with Gasteiger partial charge in [0.15, 0.2) is 11.5 Å². The molecule has 2 aliphatic heterocycles. The second-order valence-electron chi connectivity index (χ2n) is 8.09. The lowest BCUT2D eigenvalue weighted by molar-refractivity contribution is 0.0873. The first-order chi connectivity index (χ1) is 13.6. The van der Waals surface area contributed by atoms with Crippen LogP contribution in [0.1, 0.15) is 25.8 Å². The highest BCUT2D eigenvalue weighted by molar-refractivity contribution is 6.10. The number of aromatic amines is 1. The van der Waals surface area contributed by atoms with E-state index in [0.29, 0.717) is 0 Å². The molecule has 1 N–H and O–H groups in total. The van der Waals surface area contributed by atoms with Crippen molar-refractivity contribution in [1.29, 1.82) is 0 Å². The second-order valence-corrected chi connectivity index (χ2v) is 8.09. The number of hydrogen-bond donors (Lipinski definition) is 1. The minimum Gasteiger partial charge on any atom is -0.487 e. The van der Waals surface area contributed by atoms with Crippen LogP contribution < -0.4 is 14.2 Å². The number of rotatable bonds is 1. The quantitative estimate of drug-likeness (QED) is 0.498. The van der Waals surface area contributed by atoms with Crippen molar-refractivity contribution in [3.63, 3.8) is 0 Å². The van der Waals surface area contributed by atoms with Gasteiger partial charge in [-0.15, -0.1) is 0 Å². The zero-order chi connectivity index (χ0) is 18.9. The van der Waals surface area contributed by atoms with E-state index in [4.69, 9.17) is 19.2 Å². The first-order valence-electron chi connectivity index (χ1n) is 9.61. The largest absolute Gasteiger partial charge is 0.487 e. The van der Waals surface area contributed by atoms with Gasteiger partial charge in [0.2, 0.25) is 6.79 Å². The molecule has 0 saturated carbocycles. The molecule has 0 bridgehead atoms. The van der Waals surface area contributed by atoms with Gasteiger partial charge in [-0.2, -0.15) is 0 Å². The van der Waals surface area contributed by atoms with Crippen molar-refractivity contribution in [1.82, 2.24) is 9.97 Å². The zero-order valence-corrected chi connectivity index (χ0v) is 15.8. The van der Waals surface area contributed by atoms with Gasteiger partial charge in [0.1, 0.15) is 17.2 Å². The minimum absolute atomic E-state index is 0.167. The minimum atomic E-state index is -0.167. The molecule has 0 amide bonds. The predicted octanol–water partition coefficient (Wildman–Crippen LogP) is 5.22. The third kappa shape index (κ3) is 2.22. The Morgan fingerprint density at radius 2 is 1.82 bits per heavy atom. The maximum absolute atomic E-state index is 6.43. The Morgan fingerprint density at radius 3 is 2.71 bits per heavy atom. The molecule has 3 aromatic carbocycles. The number of imidazole rings is 1. The summed E-state index contributed by atoms with van der Waals surface area (Å²) in [6, 6.07) is 14.3. The van der Waals surface area contributed by atoms with Crippen molar-refractivity contribution in [2.45, 2.75) is 32.3 Å². The summed E-state index contributed by atoms with van der Waals surface area (Å²) in [5, 5.41) is 2.27. The summed E-state index contributed by atoms with van der Waals surface area (Å²) in [5.74, 6) is 3.34. The second kappa shape index (κ2) is 5.41. The molecule has 0 fully saturated rings. The Hall–Kier alpha value is -3.21. The van der Waals surface area contributed by atoms with Gasteiger partial charge in [-0.3, -0.25) is 0 Å². The van der Waals surface area contributed by atoms with Crippen LogP contribution in [-0.4, -0.2) is 22.4 Å². The third-order valence-corrected chi connectivity index (χ3v) is 5.71. The predicted molar refractivity (Wildman–Crippen MR) is 108 cm³/mol. The number of ether oxygens (including phenoxy) is 3. The average Bonchev–Trinajstić information content (AvgIpc) is 3.34. The van der Waals surface area contributed by atoms with Gasteiger partial charge in [-0.25, -0.2) is 4.98 Å². The molecule has 0 aliphatic carbocycles. The number of nitrogens with one attached hydrogen (secondary N) is 1. The van der Waals surface area contributed by atoms with Crippen LogP contribution in [0.5, 0.6) is 17.2 Å². The van der Waals surface area contributed by atoms with E-state index in [0.717, 1.165) is 63.3 Å². The lowest BCUT2D eigenvalue weighted by atomic mass is 9.91. The highest BCUT2D eigenvalue weighted by atomic mass is 16.7. The number of H-pyrrole nitrogens is 1. The van der Waals surface area contributed by atoms with E-state index in [-0.39, 0.29) is 12.4 Å². The Kier molecular flexibility index (Phi) is 3.05. The normalized spacial score (nSPS) is 16.9. The molecular weight excluding hydrogens is 352 g/mol. The van der Waals surface area contributed by atoms with Crippen LogP contribution in [-0.2, 0) is 6.42 Å². The molecule has 0 saturated heterocycles. The number of nitrogens with zero attached hydrogens (tertiary/aromatic N) is 1. The topological polar surface area (TPSA) is 56.4 Å². The lowest BCUT2D eigenvalue weighted by Crippen LogP contribution is -2.32. The SMILES string of the molecule is CC1(C)CCc2c(c3ccccc3c3[nH]c(-c4ccc5c(c4)OCO5)nc23)O1. The first kappa shape index (κ1) is 15.8. The third-order valence-electron chi connectivity index (χ3n) is 5.71. The molecule has 0 spiro atoms. The summed E-state index contributed by atoms with van der Waals surface area (Å²) in [5.41, 5.74) is 4.06. The molecule has 5 heteroatoms. The molecule has 6 rings (SSSR count). The van der Waals surface area contributed by atoms with Gasteiger partial charge < -0.3 is 19.2 Å². The zero-order valence-electron chi connectivity index (χ0n) is 15.8. The van der Waals surface area contributed by atoms with E-state index in [2.05, 4.69) is 43.1 Å². The summed E-state index contributed by atoms with van der Waals surface area (Å²) in [6.45, 7) is 4.57. The van der Waals surface area contributed by atoms with E-state index in [9.17, 15) is 0 Å². The van der Waals surface area contributed by atoms with Crippen LogP contribution in [0.2, 0.25) is 0 Å². The van der Waals surface area contributed by atoms with Crippen LogP contribution in [0.3, 0.4) is 0 Å². The fourth-order valence-electron chi connectivity index (χ4n) is 4.24. The van der Waals surface area contributed by atoms with Gasteiger partial charge in [-0.1, -0.05) is 24.3 Å². The highest BCUT2D eigenvalue weighted by Crippen LogP contribution is 2.44. The summed E-state index contributed by atoms with van der Waals surface area (Å²) < 4.78 is 17.4. The van der Waals surface area contributed by atoms with E-state index < -0.39 is 0 Å². The Morgan fingerprint density at radius 1 is 1.00 bits per heavy atom. The molecule has 140 valence electrons. The fourth-order valence-corrected chi connectivity index (χ4v) is 4.24. The Bertz CT molecular complexity index is 1260. The van der Waals surface area contributed by atoms with Crippen LogP contribution in [0.4, 0.5) is 0 Å². The molecule has 5 nitrogen and oxygen atoms in total. The first-order valence-corrected chi connectivity index (χ1v) is 9.61.